The monoisotopic (exact) mass is 381 g/mol. The van der Waals surface area contributed by atoms with E-state index in [4.69, 9.17) is 10.5 Å². The Bertz CT molecular complexity index is 692. The quantitative estimate of drug-likeness (QED) is 0.473. The number of benzene rings is 2. The molecule has 2 aromatic rings. The summed E-state index contributed by atoms with van der Waals surface area (Å²) >= 11 is 8.07. The Kier molecular flexibility index (Phi) is 5.85. The molecule has 0 aliphatic heterocycles. The van der Waals surface area contributed by atoms with Crippen LogP contribution in [-0.2, 0) is 6.61 Å². The maximum absolute atomic E-state index is 12.9. The fraction of sp³-hybridized carbons (Fsp3) is 0.0667. The molecular formula is C15H13BrFN3OS. The molecule has 0 atom stereocenters. The molecule has 22 heavy (non-hydrogen) atoms. The number of rotatable bonds is 5. The number of nitrogens with two attached hydrogens (primary N) is 1. The van der Waals surface area contributed by atoms with E-state index in [9.17, 15) is 4.39 Å². The minimum atomic E-state index is -0.274. The number of nitrogens with zero attached hydrogens (tertiary/aromatic N) is 1. The normalized spacial score (nSPS) is 10.6. The van der Waals surface area contributed by atoms with Gasteiger partial charge in [-0.1, -0.05) is 28.1 Å². The number of thiocarbonyl (C=S) groups is 1. The van der Waals surface area contributed by atoms with Gasteiger partial charge in [-0.05, 0) is 48.1 Å². The van der Waals surface area contributed by atoms with E-state index in [1.165, 1.54) is 12.1 Å². The smallest absolute Gasteiger partial charge is 0.184 e. The van der Waals surface area contributed by atoms with Crippen molar-refractivity contribution < 1.29 is 9.13 Å². The van der Waals surface area contributed by atoms with Gasteiger partial charge in [-0.15, -0.1) is 0 Å². The van der Waals surface area contributed by atoms with Crippen molar-refractivity contribution in [2.24, 2.45) is 10.8 Å². The van der Waals surface area contributed by atoms with E-state index in [-0.39, 0.29) is 10.9 Å². The minimum Gasteiger partial charge on any atom is -0.488 e. The lowest BCUT2D eigenvalue weighted by molar-refractivity contribution is 0.305. The summed E-state index contributed by atoms with van der Waals surface area (Å²) in [4.78, 5) is 0. The molecule has 3 N–H and O–H groups in total. The Morgan fingerprint density at radius 3 is 2.73 bits per heavy atom. The van der Waals surface area contributed by atoms with Crippen LogP contribution in [0.2, 0.25) is 0 Å². The summed E-state index contributed by atoms with van der Waals surface area (Å²) in [5.41, 5.74) is 9.41. The van der Waals surface area contributed by atoms with Crippen molar-refractivity contribution in [2.45, 2.75) is 6.61 Å². The molecule has 0 aliphatic carbocycles. The van der Waals surface area contributed by atoms with Gasteiger partial charge in [-0.3, -0.25) is 5.43 Å². The number of nitrogens with one attached hydrogen (secondary N) is 1. The van der Waals surface area contributed by atoms with Gasteiger partial charge >= 0.3 is 0 Å². The third-order valence-electron chi connectivity index (χ3n) is 2.66. The second-order valence-electron chi connectivity index (χ2n) is 4.33. The molecule has 0 heterocycles. The zero-order chi connectivity index (χ0) is 15.9. The molecule has 0 amide bonds. The van der Waals surface area contributed by atoms with Crippen molar-refractivity contribution >= 4 is 39.5 Å². The number of hydrogen-bond donors (Lipinski definition) is 2. The first kappa shape index (κ1) is 16.4. The lowest BCUT2D eigenvalue weighted by Crippen LogP contribution is -2.24. The van der Waals surface area contributed by atoms with E-state index in [0.717, 1.165) is 15.6 Å². The first-order valence-corrected chi connectivity index (χ1v) is 7.50. The average molecular weight is 382 g/mol. The Labute approximate surface area is 141 Å². The SMILES string of the molecule is NC(=S)NN=Cc1cc(Br)ccc1OCc1ccc(F)cc1. The van der Waals surface area contributed by atoms with Crippen molar-refractivity contribution in [3.05, 3.63) is 63.9 Å². The van der Waals surface area contributed by atoms with Crippen LogP contribution >= 0.6 is 28.1 Å². The fourth-order valence-electron chi connectivity index (χ4n) is 1.66. The van der Waals surface area contributed by atoms with Gasteiger partial charge in [0.15, 0.2) is 5.11 Å². The highest BCUT2D eigenvalue weighted by atomic mass is 79.9. The van der Waals surface area contributed by atoms with E-state index in [2.05, 4.69) is 38.7 Å². The van der Waals surface area contributed by atoms with Gasteiger partial charge in [0.1, 0.15) is 18.2 Å². The van der Waals surface area contributed by atoms with Crippen LogP contribution in [-0.4, -0.2) is 11.3 Å². The van der Waals surface area contributed by atoms with Crippen LogP contribution in [0.25, 0.3) is 0 Å². The molecular weight excluding hydrogens is 369 g/mol. The molecule has 0 saturated heterocycles. The molecule has 4 nitrogen and oxygen atoms in total. The molecule has 0 unspecified atom stereocenters. The Balaban J connectivity index is 2.10. The summed E-state index contributed by atoms with van der Waals surface area (Å²) in [5.74, 6) is 0.366. The van der Waals surface area contributed by atoms with Crippen molar-refractivity contribution in [3.8, 4) is 5.75 Å². The van der Waals surface area contributed by atoms with Gasteiger partial charge in [-0.25, -0.2) is 4.39 Å². The Hall–Kier alpha value is -1.99. The highest BCUT2D eigenvalue weighted by molar-refractivity contribution is 9.10. The van der Waals surface area contributed by atoms with Crippen molar-refractivity contribution in [1.29, 1.82) is 0 Å². The van der Waals surface area contributed by atoms with Crippen LogP contribution in [0, 0.1) is 5.82 Å². The lowest BCUT2D eigenvalue weighted by atomic mass is 10.2. The molecule has 0 aromatic heterocycles. The summed E-state index contributed by atoms with van der Waals surface area (Å²) in [7, 11) is 0. The molecule has 0 radical (unpaired) electrons. The highest BCUT2D eigenvalue weighted by Gasteiger charge is 2.04. The molecule has 0 spiro atoms. The summed E-state index contributed by atoms with van der Waals surface area (Å²) in [6, 6.07) is 11.7. The van der Waals surface area contributed by atoms with Crippen molar-refractivity contribution in [1.82, 2.24) is 5.43 Å². The molecule has 0 fully saturated rings. The molecule has 2 rings (SSSR count). The number of hydrazone groups is 1. The zero-order valence-electron chi connectivity index (χ0n) is 11.4. The first-order valence-electron chi connectivity index (χ1n) is 6.30. The maximum Gasteiger partial charge on any atom is 0.184 e. The third kappa shape index (κ3) is 5.09. The highest BCUT2D eigenvalue weighted by Crippen LogP contribution is 2.22. The van der Waals surface area contributed by atoms with Crippen LogP contribution in [0.1, 0.15) is 11.1 Å². The van der Waals surface area contributed by atoms with E-state index in [1.54, 1.807) is 18.3 Å². The van der Waals surface area contributed by atoms with E-state index in [1.807, 2.05) is 18.2 Å². The summed E-state index contributed by atoms with van der Waals surface area (Å²) in [6.45, 7) is 0.325. The van der Waals surface area contributed by atoms with Gasteiger partial charge in [0.05, 0.1) is 6.21 Å². The maximum atomic E-state index is 12.9. The zero-order valence-corrected chi connectivity index (χ0v) is 13.8. The van der Waals surface area contributed by atoms with Crippen LogP contribution < -0.4 is 15.9 Å². The van der Waals surface area contributed by atoms with Gasteiger partial charge < -0.3 is 10.5 Å². The minimum absolute atomic E-state index is 0.0834. The lowest BCUT2D eigenvalue weighted by Gasteiger charge is -2.09. The number of ether oxygens (including phenoxy) is 1. The Morgan fingerprint density at radius 2 is 2.05 bits per heavy atom. The number of halogens is 2. The molecule has 114 valence electrons. The predicted octanol–water partition coefficient (Wildman–Crippen LogP) is 3.33. The van der Waals surface area contributed by atoms with Crippen LogP contribution in [0.5, 0.6) is 5.75 Å². The predicted molar refractivity (Wildman–Crippen MR) is 92.4 cm³/mol. The standard InChI is InChI=1S/C15H13BrFN3OS/c16-12-3-6-14(11(7-12)8-19-20-15(18)22)21-9-10-1-4-13(17)5-2-10/h1-8H,9H2,(H3,18,20,22). The molecule has 2 aromatic carbocycles. The topological polar surface area (TPSA) is 59.6 Å². The Morgan fingerprint density at radius 1 is 1.32 bits per heavy atom. The number of hydrogen-bond acceptors (Lipinski definition) is 3. The first-order chi connectivity index (χ1) is 10.5. The van der Waals surface area contributed by atoms with Crippen LogP contribution in [0.4, 0.5) is 4.39 Å². The second kappa shape index (κ2) is 7.86. The van der Waals surface area contributed by atoms with Gasteiger partial charge in [0, 0.05) is 10.0 Å². The molecule has 7 heteroatoms. The second-order valence-corrected chi connectivity index (χ2v) is 5.69. The van der Waals surface area contributed by atoms with Gasteiger partial charge in [0.25, 0.3) is 0 Å². The van der Waals surface area contributed by atoms with E-state index in [0.29, 0.717) is 12.4 Å². The van der Waals surface area contributed by atoms with Crippen molar-refractivity contribution in [2.75, 3.05) is 0 Å². The average Bonchev–Trinajstić information content (AvgIpc) is 2.48. The van der Waals surface area contributed by atoms with Crippen LogP contribution in [0.3, 0.4) is 0 Å². The molecule has 0 aliphatic rings. The van der Waals surface area contributed by atoms with Crippen LogP contribution in [0.15, 0.2) is 52.0 Å². The summed E-state index contributed by atoms with van der Waals surface area (Å²) < 4.78 is 19.5. The van der Waals surface area contributed by atoms with E-state index < -0.39 is 0 Å². The molecule has 0 saturated carbocycles. The van der Waals surface area contributed by atoms with Crippen molar-refractivity contribution in [3.63, 3.8) is 0 Å². The molecule has 0 bridgehead atoms. The van der Waals surface area contributed by atoms with E-state index >= 15 is 0 Å². The van der Waals surface area contributed by atoms with Gasteiger partial charge in [0.2, 0.25) is 0 Å². The third-order valence-corrected chi connectivity index (χ3v) is 3.24. The van der Waals surface area contributed by atoms with Gasteiger partial charge in [-0.2, -0.15) is 5.10 Å². The summed E-state index contributed by atoms with van der Waals surface area (Å²) in [5, 5.41) is 4.00. The summed E-state index contributed by atoms with van der Waals surface area (Å²) in [6.07, 6.45) is 1.56. The fourth-order valence-corrected chi connectivity index (χ4v) is 2.09. The largest absolute Gasteiger partial charge is 0.488 e.